The molecule has 0 fully saturated rings. The number of halogens is 6. The fourth-order valence-electron chi connectivity index (χ4n) is 1.71. The van der Waals surface area contributed by atoms with Crippen molar-refractivity contribution in [2.45, 2.75) is 27.7 Å². The molecule has 0 amide bonds. The van der Waals surface area contributed by atoms with Gasteiger partial charge in [-0.15, -0.1) is 0 Å². The summed E-state index contributed by atoms with van der Waals surface area (Å²) < 4.78 is 59.2. The van der Waals surface area contributed by atoms with E-state index in [-0.39, 0.29) is 31.4 Å². The van der Waals surface area contributed by atoms with Crippen molar-refractivity contribution in [2.24, 2.45) is 0 Å². The van der Waals surface area contributed by atoms with Gasteiger partial charge in [-0.1, -0.05) is 0 Å². The van der Waals surface area contributed by atoms with E-state index in [1.54, 1.807) is 49.6 Å². The first kappa shape index (κ1) is 42.3. The van der Waals surface area contributed by atoms with Crippen LogP contribution in [0.2, 0.25) is 0 Å². The summed E-state index contributed by atoms with van der Waals surface area (Å²) in [6.45, 7) is 8.17. The summed E-state index contributed by atoms with van der Waals surface area (Å²) in [4.78, 5) is 15.4. The smallest absolute Gasteiger partial charge is 0 e. The number of rotatable bonds is 0. The van der Waals surface area contributed by atoms with E-state index in [2.05, 4.69) is 19.9 Å². The predicted molar refractivity (Wildman–Crippen MR) is 131 cm³/mol. The van der Waals surface area contributed by atoms with Gasteiger partial charge in [0.2, 0.25) is 0 Å². The van der Waals surface area contributed by atoms with Gasteiger partial charge < -0.3 is 11.0 Å². The fraction of sp³-hybridized carbons (Fsp3) is 0.167. The summed E-state index contributed by atoms with van der Waals surface area (Å²) in [5.41, 5.74) is 5.04. The Morgan fingerprint density at radius 2 is 0.500 bits per heavy atom. The molecule has 215 valence electrons. The molecule has 4 aromatic rings. The molecule has 4 aromatic heterocycles. The molecule has 14 heteroatoms. The quantitative estimate of drug-likeness (QED) is 0.133. The van der Waals surface area contributed by atoms with Crippen LogP contribution in [0.1, 0.15) is 22.3 Å². The number of aromatic nitrogens is 4. The van der Waals surface area contributed by atoms with Gasteiger partial charge in [0.1, 0.15) is 0 Å². The Morgan fingerprint density at radius 1 is 0.395 bits per heavy atom. The molecule has 0 aliphatic rings. The average molecular weight is 736 g/mol. The molecule has 0 atom stereocenters. The van der Waals surface area contributed by atoms with Crippen LogP contribution in [0.5, 0.6) is 0 Å². The van der Waals surface area contributed by atoms with Crippen LogP contribution in [0, 0.1) is 27.7 Å². The van der Waals surface area contributed by atoms with E-state index in [0.29, 0.717) is 0 Å². The van der Waals surface area contributed by atoms with Crippen LogP contribution in [0.3, 0.4) is 0 Å². The first-order chi connectivity index (χ1) is 16.0. The minimum absolute atomic E-state index is 0. The van der Waals surface area contributed by atoms with Crippen molar-refractivity contribution in [1.29, 1.82) is 0 Å². The Kier molecular flexibility index (Phi) is 21.5. The second kappa shape index (κ2) is 19.3. The maximum Gasteiger partial charge on any atom is 0 e. The molecule has 38 heavy (non-hydrogen) atoms. The Morgan fingerprint density at radius 3 is 0.553 bits per heavy atom. The minimum Gasteiger partial charge on any atom is -2.00 e. The average Bonchev–Trinajstić information content (AvgIpc) is 2.75. The van der Waals surface area contributed by atoms with Crippen LogP contribution in [-0.4, -0.2) is 19.9 Å². The maximum absolute atomic E-state index is 10.7. The predicted octanol–water partition coefficient (Wildman–Crippen LogP) is 8.70. The zero-order chi connectivity index (χ0) is 26.9. The molecule has 0 unspecified atom stereocenters. The van der Waals surface area contributed by atoms with Gasteiger partial charge >= 0.3 is 33.0 Å². The van der Waals surface area contributed by atoms with Crippen LogP contribution >= 0.6 is 7.81 Å². The van der Waals surface area contributed by atoms with Gasteiger partial charge in [-0.05, 0) is 98.5 Å². The van der Waals surface area contributed by atoms with Gasteiger partial charge in [-0.25, -0.2) is 0 Å². The van der Waals surface area contributed by atoms with E-state index in [1.807, 2.05) is 76.2 Å². The topological polar surface area (TPSA) is 109 Å². The third-order valence-electron chi connectivity index (χ3n) is 3.39. The Balaban J connectivity index is -0.000000186. The molecule has 0 spiro atoms. The number of hydrogen-bond acceptors (Lipinski definition) is 4. The first-order valence-corrected chi connectivity index (χ1v) is 12.1. The summed E-state index contributed by atoms with van der Waals surface area (Å²) in [7, 11) is -10.7. The van der Waals surface area contributed by atoms with Crippen molar-refractivity contribution < 1.29 is 56.6 Å². The van der Waals surface area contributed by atoms with Crippen molar-refractivity contribution >= 4 is 7.81 Å². The van der Waals surface area contributed by atoms with Crippen LogP contribution < -0.4 is 0 Å². The Bertz CT molecular complexity index is 909. The molecule has 0 bridgehead atoms. The van der Waals surface area contributed by atoms with Crippen LogP contribution in [0.25, 0.3) is 0 Å². The van der Waals surface area contributed by atoms with E-state index in [1.165, 1.54) is 22.3 Å². The molecule has 0 saturated carbocycles. The van der Waals surface area contributed by atoms with Gasteiger partial charge in [-0.2, -0.15) is 0 Å². The third-order valence-corrected chi connectivity index (χ3v) is 3.39. The second-order valence-electron chi connectivity index (χ2n) is 7.06. The first-order valence-electron chi connectivity index (χ1n) is 10.1. The van der Waals surface area contributed by atoms with Gasteiger partial charge in [-0.3, -0.25) is 19.9 Å². The molecule has 0 aliphatic carbocycles. The van der Waals surface area contributed by atoms with Gasteiger partial charge in [0.05, 0.1) is 0 Å². The van der Waals surface area contributed by atoms with Gasteiger partial charge in [0.15, 0.2) is 0 Å². The number of nitrogens with zero attached hydrogens (tertiary/aromatic N) is 4. The Hall–Kier alpha value is -2.81. The largest absolute Gasteiger partial charge is 2.00 e. The van der Waals surface area contributed by atoms with Crippen LogP contribution in [0.15, 0.2) is 98.1 Å². The number of pyridine rings is 4. The second-order valence-corrected chi connectivity index (χ2v) is 8.97. The minimum atomic E-state index is -10.7. The summed E-state index contributed by atoms with van der Waals surface area (Å²) in [6.07, 6.45) is 14.3. The van der Waals surface area contributed by atoms with E-state index < -0.39 is 7.81 Å². The third kappa shape index (κ3) is 40.4. The molecule has 4 rings (SSSR count). The van der Waals surface area contributed by atoms with Crippen LogP contribution in [-0.2, 0) is 31.4 Å². The van der Waals surface area contributed by atoms with Crippen molar-refractivity contribution in [3.05, 3.63) is 120 Å². The van der Waals surface area contributed by atoms with Crippen molar-refractivity contribution in [1.82, 2.24) is 19.9 Å². The molecule has 6 nitrogen and oxygen atoms in total. The molecule has 4 heterocycles. The number of aryl methyl sites for hydroxylation is 4. The van der Waals surface area contributed by atoms with E-state index in [4.69, 9.17) is 0 Å². The normalized spacial score (nSPS) is 10.7. The van der Waals surface area contributed by atoms with E-state index >= 15 is 0 Å². The van der Waals surface area contributed by atoms with Gasteiger partial charge in [0, 0.05) is 70.0 Å². The molecular weight excluding hydrogens is 707 g/mol. The molecule has 0 N–H and O–H groups in total. The maximum atomic E-state index is 9.87. The van der Waals surface area contributed by atoms with Crippen LogP contribution in [0.4, 0.5) is 25.2 Å². The van der Waals surface area contributed by atoms with Crippen molar-refractivity contribution in [2.75, 3.05) is 0 Å². The zero-order valence-electron chi connectivity index (χ0n) is 20.9. The van der Waals surface area contributed by atoms with E-state index in [9.17, 15) is 25.2 Å². The summed E-state index contributed by atoms with van der Waals surface area (Å²) in [5, 5.41) is 0. The monoisotopic (exact) mass is 736 g/mol. The summed E-state index contributed by atoms with van der Waals surface area (Å²) in [6, 6.07) is 15.8. The molecule has 0 saturated heterocycles. The van der Waals surface area contributed by atoms with Crippen molar-refractivity contribution in [3.8, 4) is 0 Å². The molecule has 1 radical (unpaired) electrons. The summed E-state index contributed by atoms with van der Waals surface area (Å²) in [5.74, 6) is 0. The zero-order valence-corrected chi connectivity index (χ0v) is 24.5. The van der Waals surface area contributed by atoms with E-state index in [0.717, 1.165) is 0 Å². The SMILES string of the molecule is Cc1ccncc1.Cc1ccncc1.Cc1ccncc1.Cc1ccncc1.F[P-](F)(F)(F)(F)F.[O-2].[O-2].[Re]. The Labute approximate surface area is 232 Å². The fourth-order valence-corrected chi connectivity index (χ4v) is 1.71. The van der Waals surface area contributed by atoms with Gasteiger partial charge in [0.25, 0.3) is 0 Å². The molecule has 0 aromatic carbocycles. The standard InChI is InChI=1S/4C6H7N.F6P.2O.Re/c4*1-6-2-4-7-5-3-6;1-7(2,3,4,5)6;;;/h4*2-5H,1H3;;;;/q;;;;-1;2*-2;. The number of hydrogen-bond donors (Lipinski definition) is 0. The molecular formula is C24H28F6N4O2PRe-5. The van der Waals surface area contributed by atoms with Crippen molar-refractivity contribution in [3.63, 3.8) is 0 Å². The summed E-state index contributed by atoms with van der Waals surface area (Å²) >= 11 is 0. The molecule has 0 aliphatic heterocycles.